The Morgan fingerprint density at radius 2 is 1.96 bits per heavy atom. The Bertz CT molecular complexity index is 1100. The molecule has 4 aromatic rings. The van der Waals surface area contributed by atoms with Gasteiger partial charge in [-0.1, -0.05) is 12.1 Å². The predicted molar refractivity (Wildman–Crippen MR) is 102 cm³/mol. The average molecular weight is 347 g/mol. The van der Waals surface area contributed by atoms with Crippen molar-refractivity contribution < 1.29 is 9.47 Å². The highest BCUT2D eigenvalue weighted by Gasteiger charge is 2.11. The fourth-order valence-corrected chi connectivity index (χ4v) is 2.82. The summed E-state index contributed by atoms with van der Waals surface area (Å²) in [6.45, 7) is 0. The maximum Gasteiger partial charge on any atom is 0.174 e. The highest BCUT2D eigenvalue weighted by atomic mass is 16.5. The quantitative estimate of drug-likeness (QED) is 0.426. The summed E-state index contributed by atoms with van der Waals surface area (Å²) in [7, 11) is 3.27. The fraction of sp³-hybridized carbons (Fsp3) is 0.105. The van der Waals surface area contributed by atoms with Crippen molar-refractivity contribution in [3.8, 4) is 11.5 Å². The lowest BCUT2D eigenvalue weighted by molar-refractivity contribution is 0.414. The van der Waals surface area contributed by atoms with Crippen LogP contribution in [-0.4, -0.2) is 35.4 Å². The van der Waals surface area contributed by atoms with E-state index in [2.05, 4.69) is 25.5 Å². The Kier molecular flexibility index (Phi) is 4.10. The topological polar surface area (TPSA) is 84.4 Å². The van der Waals surface area contributed by atoms with Gasteiger partial charge in [-0.2, -0.15) is 5.10 Å². The van der Waals surface area contributed by atoms with Crippen LogP contribution in [-0.2, 0) is 0 Å². The third kappa shape index (κ3) is 2.79. The number of para-hydroxylation sites is 1. The minimum atomic E-state index is 0.594. The Hall–Kier alpha value is -3.61. The van der Waals surface area contributed by atoms with Gasteiger partial charge in [0.1, 0.15) is 28.9 Å². The zero-order valence-electron chi connectivity index (χ0n) is 14.4. The van der Waals surface area contributed by atoms with Crippen molar-refractivity contribution in [3.05, 3.63) is 54.4 Å². The smallest absolute Gasteiger partial charge is 0.174 e. The lowest BCUT2D eigenvalue weighted by atomic mass is 10.2. The lowest BCUT2D eigenvalue weighted by Gasteiger charge is -2.03. The Morgan fingerprint density at radius 3 is 2.81 bits per heavy atom. The first-order valence-corrected chi connectivity index (χ1v) is 8.02. The van der Waals surface area contributed by atoms with Crippen LogP contribution < -0.4 is 14.9 Å². The van der Waals surface area contributed by atoms with Crippen LogP contribution in [0.1, 0.15) is 5.56 Å². The summed E-state index contributed by atoms with van der Waals surface area (Å²) in [5.74, 6) is 2.13. The molecule has 0 aliphatic rings. The number of rotatable bonds is 5. The number of aromatic amines is 1. The number of benzene rings is 2. The average Bonchev–Trinajstić information content (AvgIpc) is 3.07. The third-order valence-corrected chi connectivity index (χ3v) is 4.10. The van der Waals surface area contributed by atoms with Crippen molar-refractivity contribution in [1.82, 2.24) is 15.0 Å². The van der Waals surface area contributed by atoms with E-state index in [-0.39, 0.29) is 0 Å². The second-order valence-corrected chi connectivity index (χ2v) is 5.59. The number of hydrogen-bond acceptors (Lipinski definition) is 6. The fourth-order valence-electron chi connectivity index (χ4n) is 2.82. The number of hydrazone groups is 1. The number of aromatic nitrogens is 3. The first-order valence-electron chi connectivity index (χ1n) is 8.02. The molecule has 0 spiro atoms. The standard InChI is InChI=1S/C19H17N5O2/c1-25-13-7-8-14-15(9-13)23-18-17(14)20-11-21-19(18)24-22-10-12-5-3-4-6-16(12)26-2/h3-11,23H,1-2H3,(H,20,21,24). The van der Waals surface area contributed by atoms with Gasteiger partial charge in [-0.3, -0.25) is 5.43 Å². The van der Waals surface area contributed by atoms with E-state index in [0.717, 1.165) is 39.0 Å². The molecule has 0 aliphatic heterocycles. The third-order valence-electron chi connectivity index (χ3n) is 4.10. The largest absolute Gasteiger partial charge is 0.497 e. The summed E-state index contributed by atoms with van der Waals surface area (Å²) in [6.07, 6.45) is 3.21. The maximum atomic E-state index is 5.32. The number of ether oxygens (including phenoxy) is 2. The second kappa shape index (κ2) is 6.72. The van der Waals surface area contributed by atoms with Crippen LogP contribution in [0.3, 0.4) is 0 Å². The number of nitrogens with one attached hydrogen (secondary N) is 2. The summed E-state index contributed by atoms with van der Waals surface area (Å²) in [5.41, 5.74) is 6.39. The van der Waals surface area contributed by atoms with Crippen LogP contribution in [0.15, 0.2) is 53.9 Å². The minimum absolute atomic E-state index is 0.594. The second-order valence-electron chi connectivity index (χ2n) is 5.59. The van der Waals surface area contributed by atoms with E-state index >= 15 is 0 Å². The zero-order valence-corrected chi connectivity index (χ0v) is 14.4. The Balaban J connectivity index is 1.69. The molecule has 4 rings (SSSR count). The molecule has 0 amide bonds. The number of methoxy groups -OCH3 is 2. The van der Waals surface area contributed by atoms with Crippen molar-refractivity contribution in [3.63, 3.8) is 0 Å². The van der Waals surface area contributed by atoms with Crippen LogP contribution in [0.4, 0.5) is 5.82 Å². The first-order chi connectivity index (χ1) is 12.8. The normalized spacial score (nSPS) is 11.3. The number of anilines is 1. The molecule has 0 atom stereocenters. The molecule has 0 radical (unpaired) electrons. The van der Waals surface area contributed by atoms with E-state index < -0.39 is 0 Å². The van der Waals surface area contributed by atoms with E-state index in [1.165, 1.54) is 6.33 Å². The molecule has 130 valence electrons. The van der Waals surface area contributed by atoms with Gasteiger partial charge >= 0.3 is 0 Å². The monoisotopic (exact) mass is 347 g/mol. The Morgan fingerprint density at radius 1 is 1.08 bits per heavy atom. The van der Waals surface area contributed by atoms with Crippen molar-refractivity contribution >= 4 is 34.0 Å². The summed E-state index contributed by atoms with van der Waals surface area (Å²) < 4.78 is 10.6. The molecule has 2 heterocycles. The molecule has 0 fully saturated rings. The molecule has 7 nitrogen and oxygen atoms in total. The molecule has 0 saturated carbocycles. The predicted octanol–water partition coefficient (Wildman–Crippen LogP) is 3.57. The summed E-state index contributed by atoms with van der Waals surface area (Å²) in [5, 5.41) is 5.28. The molecule has 2 aromatic heterocycles. The van der Waals surface area contributed by atoms with Crippen molar-refractivity contribution in [2.75, 3.05) is 19.6 Å². The summed E-state index contributed by atoms with van der Waals surface area (Å²) in [6, 6.07) is 13.5. The summed E-state index contributed by atoms with van der Waals surface area (Å²) in [4.78, 5) is 12.0. The number of fused-ring (bicyclic) bond motifs is 3. The van der Waals surface area contributed by atoms with E-state index in [1.54, 1.807) is 20.4 Å². The van der Waals surface area contributed by atoms with Gasteiger partial charge in [-0.15, -0.1) is 0 Å². The lowest BCUT2D eigenvalue weighted by Crippen LogP contribution is -1.96. The highest BCUT2D eigenvalue weighted by molar-refractivity contribution is 6.08. The molecule has 0 bridgehead atoms. The SMILES string of the molecule is COc1ccc2c(c1)[nH]c1c(NN=Cc3ccccc3OC)ncnc12. The van der Waals surface area contributed by atoms with Gasteiger partial charge in [-0.05, 0) is 24.3 Å². The minimum Gasteiger partial charge on any atom is -0.497 e. The first kappa shape index (κ1) is 15.9. The van der Waals surface area contributed by atoms with Crippen LogP contribution in [0, 0.1) is 0 Å². The molecule has 2 aromatic carbocycles. The van der Waals surface area contributed by atoms with Crippen LogP contribution in [0.25, 0.3) is 21.9 Å². The van der Waals surface area contributed by atoms with Crippen LogP contribution >= 0.6 is 0 Å². The van der Waals surface area contributed by atoms with Gasteiger partial charge in [0, 0.05) is 17.0 Å². The Labute approximate surface area is 149 Å². The van der Waals surface area contributed by atoms with E-state index in [4.69, 9.17) is 9.47 Å². The van der Waals surface area contributed by atoms with Gasteiger partial charge in [0.2, 0.25) is 0 Å². The molecule has 26 heavy (non-hydrogen) atoms. The molecular weight excluding hydrogens is 330 g/mol. The zero-order chi connectivity index (χ0) is 17.9. The van der Waals surface area contributed by atoms with Crippen LogP contribution in [0.2, 0.25) is 0 Å². The van der Waals surface area contributed by atoms with Gasteiger partial charge in [0.15, 0.2) is 5.82 Å². The van der Waals surface area contributed by atoms with Gasteiger partial charge in [0.25, 0.3) is 0 Å². The number of hydrogen-bond donors (Lipinski definition) is 2. The molecule has 7 heteroatoms. The number of H-pyrrole nitrogens is 1. The van der Waals surface area contributed by atoms with E-state index in [1.807, 2.05) is 42.5 Å². The van der Waals surface area contributed by atoms with E-state index in [9.17, 15) is 0 Å². The van der Waals surface area contributed by atoms with Crippen molar-refractivity contribution in [2.24, 2.45) is 5.10 Å². The van der Waals surface area contributed by atoms with Gasteiger partial charge in [0.05, 0.1) is 26.0 Å². The van der Waals surface area contributed by atoms with Gasteiger partial charge < -0.3 is 14.5 Å². The summed E-state index contributed by atoms with van der Waals surface area (Å²) >= 11 is 0. The van der Waals surface area contributed by atoms with Crippen molar-refractivity contribution in [2.45, 2.75) is 0 Å². The molecular formula is C19H17N5O2. The molecule has 0 saturated heterocycles. The molecule has 0 unspecified atom stereocenters. The van der Waals surface area contributed by atoms with Crippen molar-refractivity contribution in [1.29, 1.82) is 0 Å². The van der Waals surface area contributed by atoms with Crippen LogP contribution in [0.5, 0.6) is 11.5 Å². The van der Waals surface area contributed by atoms with E-state index in [0.29, 0.717) is 5.82 Å². The molecule has 0 aliphatic carbocycles. The highest BCUT2D eigenvalue weighted by Crippen LogP contribution is 2.29. The number of nitrogens with zero attached hydrogens (tertiary/aromatic N) is 3. The van der Waals surface area contributed by atoms with Gasteiger partial charge in [-0.25, -0.2) is 9.97 Å². The molecule has 2 N–H and O–H groups in total. The maximum absolute atomic E-state index is 5.32.